The van der Waals surface area contributed by atoms with Gasteiger partial charge in [0.2, 0.25) is 0 Å². The van der Waals surface area contributed by atoms with Crippen molar-refractivity contribution in [3.8, 4) is 0 Å². The highest BCUT2D eigenvalue weighted by atomic mass is 16.1. The molecule has 1 aromatic rings. The SMILES string of the molecule is CC1CCC(CN)(C(=O)Cc2nccn2C)CC1. The van der Waals surface area contributed by atoms with E-state index >= 15 is 0 Å². The number of nitrogens with zero attached hydrogens (tertiary/aromatic N) is 2. The third-order valence-electron chi connectivity index (χ3n) is 4.45. The molecule has 0 spiro atoms. The van der Waals surface area contributed by atoms with Crippen molar-refractivity contribution in [3.63, 3.8) is 0 Å². The summed E-state index contributed by atoms with van der Waals surface area (Å²) in [7, 11) is 1.92. The number of imidazole rings is 1. The van der Waals surface area contributed by atoms with Gasteiger partial charge in [-0.05, 0) is 31.6 Å². The number of carbonyl (C=O) groups is 1. The lowest BCUT2D eigenvalue weighted by atomic mass is 9.67. The Morgan fingerprint density at radius 2 is 2.22 bits per heavy atom. The molecule has 0 atom stereocenters. The third-order valence-corrected chi connectivity index (χ3v) is 4.45. The van der Waals surface area contributed by atoms with Crippen LogP contribution in [0.4, 0.5) is 0 Å². The normalized spacial score (nSPS) is 28.3. The highest BCUT2D eigenvalue weighted by Gasteiger charge is 2.39. The van der Waals surface area contributed by atoms with Crippen molar-refractivity contribution in [1.29, 1.82) is 0 Å². The van der Waals surface area contributed by atoms with Crippen LogP contribution in [0.2, 0.25) is 0 Å². The van der Waals surface area contributed by atoms with Gasteiger partial charge >= 0.3 is 0 Å². The van der Waals surface area contributed by atoms with E-state index in [1.165, 1.54) is 0 Å². The molecule has 0 bridgehead atoms. The van der Waals surface area contributed by atoms with Gasteiger partial charge in [-0.3, -0.25) is 4.79 Å². The molecule has 1 heterocycles. The Morgan fingerprint density at radius 3 is 2.72 bits per heavy atom. The van der Waals surface area contributed by atoms with Crippen molar-refractivity contribution in [2.45, 2.75) is 39.0 Å². The summed E-state index contributed by atoms with van der Waals surface area (Å²) in [5.74, 6) is 1.84. The van der Waals surface area contributed by atoms with E-state index in [0.29, 0.717) is 13.0 Å². The molecule has 1 saturated carbocycles. The Balaban J connectivity index is 2.08. The second-order valence-electron chi connectivity index (χ2n) is 5.72. The number of Topliss-reactive ketones (excluding diaryl/α,β-unsaturated/α-hetero) is 1. The van der Waals surface area contributed by atoms with E-state index in [0.717, 1.165) is 37.4 Å². The average Bonchev–Trinajstić information content (AvgIpc) is 2.76. The number of aromatic nitrogens is 2. The first-order valence-corrected chi connectivity index (χ1v) is 6.77. The van der Waals surface area contributed by atoms with Crippen LogP contribution in [0.25, 0.3) is 0 Å². The van der Waals surface area contributed by atoms with Crippen LogP contribution in [0.1, 0.15) is 38.4 Å². The summed E-state index contributed by atoms with van der Waals surface area (Å²) < 4.78 is 1.91. The largest absolute Gasteiger partial charge is 0.338 e. The van der Waals surface area contributed by atoms with Gasteiger partial charge in [0.25, 0.3) is 0 Å². The maximum absolute atomic E-state index is 12.5. The molecule has 0 aromatic carbocycles. The summed E-state index contributed by atoms with van der Waals surface area (Å²) in [5, 5.41) is 0. The number of rotatable bonds is 4. The molecule has 1 aromatic heterocycles. The number of carbonyl (C=O) groups excluding carboxylic acids is 1. The first-order chi connectivity index (χ1) is 8.57. The van der Waals surface area contributed by atoms with Crippen LogP contribution in [0.15, 0.2) is 12.4 Å². The molecule has 1 aliphatic carbocycles. The van der Waals surface area contributed by atoms with Crippen molar-refractivity contribution in [3.05, 3.63) is 18.2 Å². The first kappa shape index (κ1) is 13.3. The van der Waals surface area contributed by atoms with E-state index in [-0.39, 0.29) is 11.2 Å². The molecule has 0 unspecified atom stereocenters. The fourth-order valence-corrected chi connectivity index (χ4v) is 2.81. The Kier molecular flexibility index (Phi) is 3.85. The standard InChI is InChI=1S/C14H23N3O/c1-11-3-5-14(10-15,6-4-11)12(18)9-13-16-7-8-17(13)2/h7-8,11H,3-6,9-10,15H2,1-2H3. The summed E-state index contributed by atoms with van der Waals surface area (Å²) in [6.07, 6.45) is 8.13. The number of ketones is 1. The molecule has 18 heavy (non-hydrogen) atoms. The predicted molar refractivity (Wildman–Crippen MR) is 71.0 cm³/mol. The molecular weight excluding hydrogens is 226 g/mol. The fraction of sp³-hybridized carbons (Fsp3) is 0.714. The summed E-state index contributed by atoms with van der Waals surface area (Å²) >= 11 is 0. The number of hydrogen-bond acceptors (Lipinski definition) is 3. The van der Waals surface area contributed by atoms with Crippen molar-refractivity contribution in [2.24, 2.45) is 24.1 Å². The van der Waals surface area contributed by atoms with Crippen LogP contribution in [0, 0.1) is 11.3 Å². The molecular formula is C14H23N3O. The second-order valence-corrected chi connectivity index (χ2v) is 5.72. The smallest absolute Gasteiger partial charge is 0.147 e. The Labute approximate surface area is 109 Å². The van der Waals surface area contributed by atoms with Crippen molar-refractivity contribution < 1.29 is 4.79 Å². The minimum absolute atomic E-state index is 0.270. The maximum Gasteiger partial charge on any atom is 0.147 e. The zero-order valence-corrected chi connectivity index (χ0v) is 11.4. The van der Waals surface area contributed by atoms with Crippen molar-refractivity contribution in [1.82, 2.24) is 9.55 Å². The van der Waals surface area contributed by atoms with Crippen LogP contribution in [-0.4, -0.2) is 21.9 Å². The summed E-state index contributed by atoms with van der Waals surface area (Å²) in [5.41, 5.74) is 5.61. The van der Waals surface area contributed by atoms with Gasteiger partial charge < -0.3 is 10.3 Å². The number of aryl methyl sites for hydroxylation is 1. The Bertz CT molecular complexity index is 416. The van der Waals surface area contributed by atoms with Gasteiger partial charge in [-0.15, -0.1) is 0 Å². The zero-order chi connectivity index (χ0) is 13.2. The predicted octanol–water partition coefficient (Wildman–Crippen LogP) is 1.69. The molecule has 4 nitrogen and oxygen atoms in total. The van der Waals surface area contributed by atoms with Crippen molar-refractivity contribution in [2.75, 3.05) is 6.54 Å². The van der Waals surface area contributed by atoms with Gasteiger partial charge in [0.1, 0.15) is 11.6 Å². The summed E-state index contributed by atoms with van der Waals surface area (Å²) in [6.45, 7) is 2.73. The molecule has 0 amide bonds. The van der Waals surface area contributed by atoms with Gasteiger partial charge in [-0.1, -0.05) is 6.92 Å². The fourth-order valence-electron chi connectivity index (χ4n) is 2.81. The average molecular weight is 249 g/mol. The highest BCUT2D eigenvalue weighted by molar-refractivity contribution is 5.86. The molecule has 2 N–H and O–H groups in total. The molecule has 2 rings (SSSR count). The second kappa shape index (κ2) is 5.22. The van der Waals surface area contributed by atoms with Crippen LogP contribution in [0.5, 0.6) is 0 Å². The van der Waals surface area contributed by atoms with Gasteiger partial charge in [-0.2, -0.15) is 0 Å². The van der Waals surface area contributed by atoms with Crippen molar-refractivity contribution >= 4 is 5.78 Å². The highest BCUT2D eigenvalue weighted by Crippen LogP contribution is 2.39. The quantitative estimate of drug-likeness (QED) is 0.883. The van der Waals surface area contributed by atoms with E-state index in [1.807, 2.05) is 17.8 Å². The van der Waals surface area contributed by atoms with Gasteiger partial charge in [0.15, 0.2) is 0 Å². The lowest BCUT2D eigenvalue weighted by Gasteiger charge is -2.37. The number of nitrogens with two attached hydrogens (primary N) is 1. The molecule has 1 fully saturated rings. The first-order valence-electron chi connectivity index (χ1n) is 6.77. The van der Waals surface area contributed by atoms with Gasteiger partial charge in [-0.25, -0.2) is 4.98 Å². The Morgan fingerprint density at radius 1 is 1.56 bits per heavy atom. The molecule has 100 valence electrons. The molecule has 0 radical (unpaired) electrons. The lowest BCUT2D eigenvalue weighted by Crippen LogP contribution is -2.42. The lowest BCUT2D eigenvalue weighted by molar-refractivity contribution is -0.130. The monoisotopic (exact) mass is 249 g/mol. The summed E-state index contributed by atoms with van der Waals surface area (Å²) in [4.78, 5) is 16.8. The van der Waals surface area contributed by atoms with E-state index in [9.17, 15) is 4.79 Å². The number of hydrogen-bond donors (Lipinski definition) is 1. The maximum atomic E-state index is 12.5. The molecule has 4 heteroatoms. The topological polar surface area (TPSA) is 60.9 Å². The van der Waals surface area contributed by atoms with Crippen LogP contribution in [0.3, 0.4) is 0 Å². The Hall–Kier alpha value is -1.16. The van der Waals surface area contributed by atoms with Crippen LogP contribution in [-0.2, 0) is 18.3 Å². The van der Waals surface area contributed by atoms with Gasteiger partial charge in [0.05, 0.1) is 6.42 Å². The van der Waals surface area contributed by atoms with Crippen LogP contribution < -0.4 is 5.73 Å². The minimum Gasteiger partial charge on any atom is -0.338 e. The third kappa shape index (κ3) is 2.48. The van der Waals surface area contributed by atoms with E-state index in [1.54, 1.807) is 6.20 Å². The van der Waals surface area contributed by atoms with E-state index in [4.69, 9.17) is 5.73 Å². The van der Waals surface area contributed by atoms with Crippen LogP contribution >= 0.6 is 0 Å². The summed E-state index contributed by atoms with van der Waals surface area (Å²) in [6, 6.07) is 0. The minimum atomic E-state index is -0.293. The van der Waals surface area contributed by atoms with E-state index < -0.39 is 0 Å². The van der Waals surface area contributed by atoms with E-state index in [2.05, 4.69) is 11.9 Å². The molecule has 0 aliphatic heterocycles. The molecule has 0 saturated heterocycles. The molecule has 1 aliphatic rings. The zero-order valence-electron chi connectivity index (χ0n) is 11.4. The van der Waals surface area contributed by atoms with Gasteiger partial charge in [0, 0.05) is 31.4 Å².